The van der Waals surface area contributed by atoms with Gasteiger partial charge in [0.2, 0.25) is 5.91 Å². The molecule has 134 valence electrons. The van der Waals surface area contributed by atoms with Crippen LogP contribution in [0.1, 0.15) is 12.8 Å². The van der Waals surface area contributed by atoms with Gasteiger partial charge in [-0.15, -0.1) is 11.3 Å². The molecule has 0 aliphatic carbocycles. The number of nitrogens with zero attached hydrogens (tertiary/aromatic N) is 2. The van der Waals surface area contributed by atoms with Crippen LogP contribution in [0.5, 0.6) is 0 Å². The summed E-state index contributed by atoms with van der Waals surface area (Å²) >= 11 is 1.14. The van der Waals surface area contributed by atoms with E-state index in [9.17, 15) is 13.2 Å². The third-order valence-electron chi connectivity index (χ3n) is 4.15. The van der Waals surface area contributed by atoms with Gasteiger partial charge in [-0.05, 0) is 48.6 Å². The van der Waals surface area contributed by atoms with Crippen molar-refractivity contribution in [3.8, 4) is 0 Å². The van der Waals surface area contributed by atoms with Gasteiger partial charge in [0.25, 0.3) is 10.0 Å². The van der Waals surface area contributed by atoms with E-state index >= 15 is 0 Å². The minimum atomic E-state index is -3.62. The SMILES string of the molecule is CN(CC(=O)Nc1ccc(N2CCCC2)cc1)S(=O)(=O)c1cccs1. The van der Waals surface area contributed by atoms with E-state index in [1.165, 1.54) is 26.0 Å². The molecule has 1 aliphatic rings. The molecule has 1 aromatic carbocycles. The summed E-state index contributed by atoms with van der Waals surface area (Å²) in [6.07, 6.45) is 2.42. The number of anilines is 2. The first kappa shape index (κ1) is 17.9. The monoisotopic (exact) mass is 379 g/mol. The summed E-state index contributed by atoms with van der Waals surface area (Å²) in [5, 5.41) is 4.44. The number of thiophene rings is 1. The highest BCUT2D eigenvalue weighted by Crippen LogP contribution is 2.22. The van der Waals surface area contributed by atoms with Gasteiger partial charge in [-0.1, -0.05) is 6.07 Å². The molecule has 3 rings (SSSR count). The first-order chi connectivity index (χ1) is 12.0. The molecule has 2 aromatic rings. The molecule has 1 amide bonds. The summed E-state index contributed by atoms with van der Waals surface area (Å²) in [6, 6.07) is 10.9. The number of benzene rings is 1. The van der Waals surface area contributed by atoms with Crippen LogP contribution in [0.3, 0.4) is 0 Å². The van der Waals surface area contributed by atoms with Gasteiger partial charge < -0.3 is 10.2 Å². The van der Waals surface area contributed by atoms with Gasteiger partial charge in [0.05, 0.1) is 6.54 Å². The maximum Gasteiger partial charge on any atom is 0.252 e. The highest BCUT2D eigenvalue weighted by atomic mass is 32.2. The Kier molecular flexibility index (Phi) is 5.41. The fourth-order valence-electron chi connectivity index (χ4n) is 2.78. The van der Waals surface area contributed by atoms with Gasteiger partial charge in [0.15, 0.2) is 0 Å². The summed E-state index contributed by atoms with van der Waals surface area (Å²) in [7, 11) is -2.21. The summed E-state index contributed by atoms with van der Waals surface area (Å²) in [6.45, 7) is 1.91. The zero-order valence-electron chi connectivity index (χ0n) is 14.0. The second kappa shape index (κ2) is 7.55. The average Bonchev–Trinajstić information content (AvgIpc) is 3.29. The Labute approximate surface area is 152 Å². The third-order valence-corrected chi connectivity index (χ3v) is 7.32. The van der Waals surface area contributed by atoms with E-state index in [-0.39, 0.29) is 16.7 Å². The fourth-order valence-corrected chi connectivity index (χ4v) is 5.11. The normalized spacial score (nSPS) is 14.9. The highest BCUT2D eigenvalue weighted by molar-refractivity contribution is 7.91. The quantitative estimate of drug-likeness (QED) is 0.838. The highest BCUT2D eigenvalue weighted by Gasteiger charge is 2.23. The van der Waals surface area contributed by atoms with Crippen LogP contribution in [0.25, 0.3) is 0 Å². The molecule has 0 unspecified atom stereocenters. The van der Waals surface area contributed by atoms with E-state index in [2.05, 4.69) is 10.2 Å². The molecule has 1 N–H and O–H groups in total. The number of hydrogen-bond acceptors (Lipinski definition) is 5. The Morgan fingerprint density at radius 2 is 1.88 bits per heavy atom. The minimum Gasteiger partial charge on any atom is -0.372 e. The lowest BCUT2D eigenvalue weighted by Gasteiger charge is -2.18. The van der Waals surface area contributed by atoms with Crippen LogP contribution in [0.2, 0.25) is 0 Å². The number of carbonyl (C=O) groups excluding carboxylic acids is 1. The minimum absolute atomic E-state index is 0.228. The lowest BCUT2D eigenvalue weighted by Crippen LogP contribution is -2.34. The predicted molar refractivity (Wildman–Crippen MR) is 101 cm³/mol. The van der Waals surface area contributed by atoms with Crippen LogP contribution in [0, 0.1) is 0 Å². The lowest BCUT2D eigenvalue weighted by atomic mass is 10.2. The molecule has 0 saturated carbocycles. The molecule has 1 aliphatic heterocycles. The Bertz CT molecular complexity index is 811. The first-order valence-corrected chi connectivity index (χ1v) is 10.4. The second-order valence-electron chi connectivity index (χ2n) is 5.98. The fraction of sp³-hybridized carbons (Fsp3) is 0.353. The van der Waals surface area contributed by atoms with Crippen LogP contribution in [-0.4, -0.2) is 45.3 Å². The molecule has 8 heteroatoms. The lowest BCUT2D eigenvalue weighted by molar-refractivity contribution is -0.116. The van der Waals surface area contributed by atoms with Crippen molar-refractivity contribution in [2.24, 2.45) is 0 Å². The van der Waals surface area contributed by atoms with Crippen LogP contribution in [-0.2, 0) is 14.8 Å². The van der Waals surface area contributed by atoms with Crippen molar-refractivity contribution < 1.29 is 13.2 Å². The van der Waals surface area contributed by atoms with E-state index in [1.807, 2.05) is 24.3 Å². The smallest absolute Gasteiger partial charge is 0.252 e. The number of rotatable bonds is 6. The van der Waals surface area contributed by atoms with Gasteiger partial charge in [0, 0.05) is 31.5 Å². The maximum atomic E-state index is 12.3. The largest absolute Gasteiger partial charge is 0.372 e. The third kappa shape index (κ3) is 4.20. The molecule has 25 heavy (non-hydrogen) atoms. The van der Waals surface area contributed by atoms with Gasteiger partial charge in [-0.3, -0.25) is 4.79 Å². The topological polar surface area (TPSA) is 69.7 Å². The maximum absolute atomic E-state index is 12.3. The summed E-state index contributed by atoms with van der Waals surface area (Å²) in [4.78, 5) is 14.5. The zero-order valence-corrected chi connectivity index (χ0v) is 15.6. The number of amides is 1. The predicted octanol–water partition coefficient (Wildman–Crippen LogP) is 2.61. The molecule has 6 nitrogen and oxygen atoms in total. The van der Waals surface area contributed by atoms with Crippen molar-refractivity contribution in [3.05, 3.63) is 41.8 Å². The molecule has 1 saturated heterocycles. The molecule has 0 radical (unpaired) electrons. The van der Waals surface area contributed by atoms with Crippen LogP contribution >= 0.6 is 11.3 Å². The number of nitrogens with one attached hydrogen (secondary N) is 1. The Morgan fingerprint density at radius 3 is 2.48 bits per heavy atom. The standard InChI is InChI=1S/C17H21N3O3S2/c1-19(25(22,23)17-5-4-12-24-17)13-16(21)18-14-6-8-15(9-7-14)20-10-2-3-11-20/h4-9,12H,2-3,10-11,13H2,1H3,(H,18,21). The Hall–Kier alpha value is -1.90. The average molecular weight is 380 g/mol. The Morgan fingerprint density at radius 1 is 1.20 bits per heavy atom. The van der Waals surface area contributed by atoms with Gasteiger partial charge in [0.1, 0.15) is 4.21 Å². The summed E-state index contributed by atoms with van der Waals surface area (Å²) < 4.78 is 25.9. The molecule has 0 atom stereocenters. The number of carbonyl (C=O) groups is 1. The van der Waals surface area contributed by atoms with Crippen molar-refractivity contribution in [1.29, 1.82) is 0 Å². The molecule has 2 heterocycles. The molecule has 1 aromatic heterocycles. The zero-order chi connectivity index (χ0) is 17.9. The Balaban J connectivity index is 1.58. The van der Waals surface area contributed by atoms with Gasteiger partial charge in [-0.25, -0.2) is 8.42 Å². The van der Waals surface area contributed by atoms with Crippen LogP contribution < -0.4 is 10.2 Å². The number of sulfonamides is 1. The van der Waals surface area contributed by atoms with E-state index in [1.54, 1.807) is 11.4 Å². The van der Waals surface area contributed by atoms with Crippen molar-refractivity contribution in [2.45, 2.75) is 17.1 Å². The van der Waals surface area contributed by atoms with E-state index in [0.29, 0.717) is 5.69 Å². The van der Waals surface area contributed by atoms with Crippen molar-refractivity contribution in [2.75, 3.05) is 36.9 Å². The van der Waals surface area contributed by atoms with E-state index < -0.39 is 10.0 Å². The van der Waals surface area contributed by atoms with Crippen molar-refractivity contribution >= 4 is 38.6 Å². The number of likely N-dealkylation sites (N-methyl/N-ethyl adjacent to an activating group) is 1. The van der Waals surface area contributed by atoms with Crippen LogP contribution in [0.15, 0.2) is 46.0 Å². The first-order valence-electron chi connectivity index (χ1n) is 8.11. The molecular formula is C17H21N3O3S2. The van der Waals surface area contributed by atoms with Gasteiger partial charge in [-0.2, -0.15) is 4.31 Å². The van der Waals surface area contributed by atoms with Crippen LogP contribution in [0.4, 0.5) is 11.4 Å². The summed E-state index contributed by atoms with van der Waals surface area (Å²) in [5.74, 6) is -0.364. The van der Waals surface area contributed by atoms with E-state index in [4.69, 9.17) is 0 Å². The van der Waals surface area contributed by atoms with Crippen molar-refractivity contribution in [1.82, 2.24) is 4.31 Å². The van der Waals surface area contributed by atoms with Crippen molar-refractivity contribution in [3.63, 3.8) is 0 Å². The molecular weight excluding hydrogens is 358 g/mol. The van der Waals surface area contributed by atoms with E-state index in [0.717, 1.165) is 34.4 Å². The molecule has 1 fully saturated rings. The molecule has 0 spiro atoms. The van der Waals surface area contributed by atoms with Gasteiger partial charge >= 0.3 is 0 Å². The number of hydrogen-bond donors (Lipinski definition) is 1. The summed E-state index contributed by atoms with van der Waals surface area (Å²) in [5.41, 5.74) is 1.81. The second-order valence-corrected chi connectivity index (χ2v) is 9.20. The molecule has 0 bridgehead atoms.